The molecule has 0 saturated carbocycles. The molecular formula is C15H29N5. The van der Waals surface area contributed by atoms with E-state index in [-0.39, 0.29) is 0 Å². The van der Waals surface area contributed by atoms with Crippen molar-refractivity contribution < 1.29 is 0 Å². The quantitative estimate of drug-likeness (QED) is 0.766. The van der Waals surface area contributed by atoms with Crippen molar-refractivity contribution in [1.29, 1.82) is 0 Å². The summed E-state index contributed by atoms with van der Waals surface area (Å²) in [6, 6.07) is 0.344. The maximum Gasteiger partial charge on any atom is 0.135 e. The van der Waals surface area contributed by atoms with Gasteiger partial charge in [-0.15, -0.1) is 0 Å². The van der Waals surface area contributed by atoms with Gasteiger partial charge in [0.05, 0.1) is 0 Å². The highest BCUT2D eigenvalue weighted by Crippen LogP contribution is 2.28. The monoisotopic (exact) mass is 279 g/mol. The molecule has 1 rings (SSSR count). The normalized spacial score (nSPS) is 12.8. The van der Waals surface area contributed by atoms with Gasteiger partial charge >= 0.3 is 0 Å². The van der Waals surface area contributed by atoms with Gasteiger partial charge in [-0.05, 0) is 33.4 Å². The van der Waals surface area contributed by atoms with Crippen molar-refractivity contribution in [2.24, 2.45) is 0 Å². The topological polar surface area (TPSA) is 53.1 Å². The van der Waals surface area contributed by atoms with Crippen LogP contribution in [0.4, 0.5) is 11.6 Å². The number of nitrogens with one attached hydrogen (secondary N) is 2. The molecule has 0 aliphatic carbocycles. The lowest BCUT2D eigenvalue weighted by atomic mass is 10.0. The summed E-state index contributed by atoms with van der Waals surface area (Å²) < 4.78 is 0. The Morgan fingerprint density at radius 3 is 2.35 bits per heavy atom. The molecule has 0 aliphatic rings. The minimum absolute atomic E-state index is 0.344. The molecule has 1 heterocycles. The summed E-state index contributed by atoms with van der Waals surface area (Å²) in [6.45, 7) is 10.6. The van der Waals surface area contributed by atoms with Gasteiger partial charge in [0, 0.05) is 24.7 Å². The first-order valence-electron chi connectivity index (χ1n) is 7.45. The lowest BCUT2D eigenvalue weighted by Crippen LogP contribution is -2.30. The Morgan fingerprint density at radius 2 is 1.80 bits per heavy atom. The van der Waals surface area contributed by atoms with E-state index in [1.165, 1.54) is 5.56 Å². The van der Waals surface area contributed by atoms with Gasteiger partial charge in [-0.1, -0.05) is 20.8 Å². The molecule has 1 atom stereocenters. The van der Waals surface area contributed by atoms with Crippen molar-refractivity contribution in [1.82, 2.24) is 14.9 Å². The van der Waals surface area contributed by atoms with E-state index < -0.39 is 0 Å². The first-order chi connectivity index (χ1) is 9.45. The van der Waals surface area contributed by atoms with Crippen LogP contribution in [0.5, 0.6) is 0 Å². The fourth-order valence-corrected chi connectivity index (χ4v) is 2.27. The van der Waals surface area contributed by atoms with Crippen LogP contribution >= 0.6 is 0 Å². The molecule has 114 valence electrons. The second-order valence-electron chi connectivity index (χ2n) is 5.87. The van der Waals surface area contributed by atoms with Crippen LogP contribution in [0, 0.1) is 0 Å². The van der Waals surface area contributed by atoms with E-state index in [0.29, 0.717) is 12.0 Å². The van der Waals surface area contributed by atoms with Gasteiger partial charge in [0.1, 0.15) is 18.0 Å². The second kappa shape index (κ2) is 8.04. The Labute approximate surface area is 123 Å². The zero-order valence-corrected chi connectivity index (χ0v) is 13.7. The van der Waals surface area contributed by atoms with E-state index in [4.69, 9.17) is 0 Å². The molecule has 1 aromatic heterocycles. The van der Waals surface area contributed by atoms with Gasteiger partial charge in [-0.25, -0.2) is 9.97 Å². The minimum Gasteiger partial charge on any atom is -0.370 e. The van der Waals surface area contributed by atoms with Gasteiger partial charge in [0.2, 0.25) is 0 Å². The minimum atomic E-state index is 0.344. The number of anilines is 2. The molecule has 1 aromatic rings. The molecule has 20 heavy (non-hydrogen) atoms. The molecule has 2 N–H and O–H groups in total. The van der Waals surface area contributed by atoms with Crippen LogP contribution in [0.3, 0.4) is 0 Å². The van der Waals surface area contributed by atoms with E-state index in [0.717, 1.165) is 31.1 Å². The number of hydrogen-bond acceptors (Lipinski definition) is 5. The fourth-order valence-electron chi connectivity index (χ4n) is 2.27. The summed E-state index contributed by atoms with van der Waals surface area (Å²) in [5.74, 6) is 2.28. The van der Waals surface area contributed by atoms with E-state index in [1.54, 1.807) is 6.33 Å². The van der Waals surface area contributed by atoms with Crippen molar-refractivity contribution >= 4 is 11.6 Å². The van der Waals surface area contributed by atoms with Crippen molar-refractivity contribution in [3.05, 3.63) is 11.9 Å². The third-order valence-corrected chi connectivity index (χ3v) is 3.03. The van der Waals surface area contributed by atoms with Crippen LogP contribution in [0.15, 0.2) is 6.33 Å². The van der Waals surface area contributed by atoms with E-state index in [1.807, 2.05) is 0 Å². The number of nitrogens with zero attached hydrogens (tertiary/aromatic N) is 3. The third-order valence-electron chi connectivity index (χ3n) is 3.03. The van der Waals surface area contributed by atoms with Gasteiger partial charge in [-0.2, -0.15) is 0 Å². The van der Waals surface area contributed by atoms with Crippen LogP contribution in [0.2, 0.25) is 0 Å². The molecule has 0 aromatic carbocycles. The van der Waals surface area contributed by atoms with Crippen LogP contribution in [-0.2, 0) is 0 Å². The van der Waals surface area contributed by atoms with Gasteiger partial charge in [-0.3, -0.25) is 0 Å². The van der Waals surface area contributed by atoms with Crippen LogP contribution in [0.25, 0.3) is 0 Å². The predicted molar refractivity (Wildman–Crippen MR) is 86.5 cm³/mol. The van der Waals surface area contributed by atoms with E-state index >= 15 is 0 Å². The largest absolute Gasteiger partial charge is 0.370 e. The molecule has 0 spiro atoms. The fraction of sp³-hybridized carbons (Fsp3) is 0.733. The maximum atomic E-state index is 4.44. The van der Waals surface area contributed by atoms with Crippen molar-refractivity contribution in [2.75, 3.05) is 37.8 Å². The molecule has 5 nitrogen and oxygen atoms in total. The summed E-state index contributed by atoms with van der Waals surface area (Å²) in [6.07, 6.45) is 2.72. The lowest BCUT2D eigenvalue weighted by Gasteiger charge is -2.22. The average molecular weight is 279 g/mol. The number of aromatic nitrogens is 2. The second-order valence-corrected chi connectivity index (χ2v) is 5.87. The lowest BCUT2D eigenvalue weighted by molar-refractivity contribution is 0.391. The smallest absolute Gasteiger partial charge is 0.135 e. The number of hydrogen-bond donors (Lipinski definition) is 2. The number of rotatable bonds is 8. The highest BCUT2D eigenvalue weighted by atomic mass is 15.1. The molecule has 0 aliphatic heterocycles. The van der Waals surface area contributed by atoms with Crippen molar-refractivity contribution in [2.45, 2.75) is 46.1 Å². The molecule has 1 unspecified atom stereocenters. The molecule has 0 fully saturated rings. The number of likely N-dealkylation sites (N-methyl/N-ethyl adjacent to an activating group) is 1. The van der Waals surface area contributed by atoms with Crippen LogP contribution < -0.4 is 10.6 Å². The Kier molecular flexibility index (Phi) is 6.71. The first-order valence-corrected chi connectivity index (χ1v) is 7.45. The maximum absolute atomic E-state index is 4.44. The van der Waals surface area contributed by atoms with Gasteiger partial charge < -0.3 is 15.5 Å². The summed E-state index contributed by atoms with van der Waals surface area (Å²) in [7, 11) is 4.16. The summed E-state index contributed by atoms with van der Waals surface area (Å²) in [5.41, 5.74) is 1.17. The Morgan fingerprint density at radius 1 is 1.15 bits per heavy atom. The van der Waals surface area contributed by atoms with Crippen molar-refractivity contribution in [3.63, 3.8) is 0 Å². The first kappa shape index (κ1) is 16.7. The molecule has 5 heteroatoms. The Balaban J connectivity index is 2.94. The van der Waals surface area contributed by atoms with Crippen molar-refractivity contribution in [3.8, 4) is 0 Å². The Hall–Kier alpha value is -1.36. The zero-order valence-electron chi connectivity index (χ0n) is 13.7. The van der Waals surface area contributed by atoms with Crippen LogP contribution in [-0.4, -0.2) is 48.1 Å². The highest BCUT2D eigenvalue weighted by Gasteiger charge is 2.16. The standard InChI is InChI=1S/C15H29N5/c1-7-8-16-14-13(11(2)3)15(18-10-17-14)19-12(4)9-20(5)6/h10-12H,7-9H2,1-6H3,(H2,16,17,18,19). The molecular weight excluding hydrogens is 250 g/mol. The van der Waals surface area contributed by atoms with Gasteiger partial charge in [0.25, 0.3) is 0 Å². The molecule has 0 saturated heterocycles. The summed E-state index contributed by atoms with van der Waals surface area (Å²) in [5, 5.41) is 6.90. The van der Waals surface area contributed by atoms with E-state index in [2.05, 4.69) is 67.3 Å². The van der Waals surface area contributed by atoms with Crippen LogP contribution in [0.1, 0.15) is 45.6 Å². The summed E-state index contributed by atoms with van der Waals surface area (Å²) >= 11 is 0. The molecule has 0 amide bonds. The zero-order chi connectivity index (χ0) is 15.1. The third kappa shape index (κ3) is 4.96. The average Bonchev–Trinajstić information content (AvgIpc) is 2.34. The molecule has 0 radical (unpaired) electrons. The highest BCUT2D eigenvalue weighted by molar-refractivity contribution is 5.59. The van der Waals surface area contributed by atoms with Gasteiger partial charge in [0.15, 0.2) is 0 Å². The summed E-state index contributed by atoms with van der Waals surface area (Å²) in [4.78, 5) is 11.0. The Bertz CT molecular complexity index is 403. The predicted octanol–water partition coefficient (Wildman–Crippen LogP) is 2.78. The molecule has 0 bridgehead atoms. The SMILES string of the molecule is CCCNc1ncnc(NC(C)CN(C)C)c1C(C)C. The van der Waals surface area contributed by atoms with E-state index in [9.17, 15) is 0 Å².